The quantitative estimate of drug-likeness (QED) is 0.448. The van der Waals surface area contributed by atoms with E-state index >= 15 is 0 Å². The number of ether oxygens (including phenoxy) is 1. The highest BCUT2D eigenvalue weighted by atomic mass is 35.5. The molecule has 0 bridgehead atoms. The lowest BCUT2D eigenvalue weighted by atomic mass is 9.61. The van der Waals surface area contributed by atoms with E-state index < -0.39 is 11.5 Å². The largest absolute Gasteiger partial charge is 0.497 e. The molecule has 0 radical (unpaired) electrons. The van der Waals surface area contributed by atoms with Gasteiger partial charge in [0.2, 0.25) is 0 Å². The van der Waals surface area contributed by atoms with Crippen molar-refractivity contribution < 1.29 is 14.6 Å². The van der Waals surface area contributed by atoms with Gasteiger partial charge < -0.3 is 15.2 Å². The van der Waals surface area contributed by atoms with Crippen LogP contribution in [0.1, 0.15) is 42.4 Å². The summed E-state index contributed by atoms with van der Waals surface area (Å²) in [4.78, 5) is 12.5. The number of carbonyl (C=O) groups is 1. The molecule has 2 aliphatic carbocycles. The fourth-order valence-electron chi connectivity index (χ4n) is 5.50. The fourth-order valence-corrected chi connectivity index (χ4v) is 5.69. The maximum atomic E-state index is 12.5. The van der Waals surface area contributed by atoms with E-state index in [9.17, 15) is 9.90 Å². The molecule has 1 fully saturated rings. The molecule has 1 saturated carbocycles. The monoisotopic (exact) mass is 459 g/mol. The number of hydrogen-bond donors (Lipinski definition) is 2. The van der Waals surface area contributed by atoms with Crippen LogP contribution in [-0.2, 0) is 10.2 Å². The average molecular weight is 460 g/mol. The summed E-state index contributed by atoms with van der Waals surface area (Å²) in [6.45, 7) is 0. The third-order valence-corrected chi connectivity index (χ3v) is 7.50. The van der Waals surface area contributed by atoms with Crippen LogP contribution in [0.2, 0.25) is 5.02 Å². The minimum Gasteiger partial charge on any atom is -0.497 e. The fraction of sp³-hybridized carbons (Fsp3) is 0.250. The van der Waals surface area contributed by atoms with E-state index in [1.807, 2.05) is 24.3 Å². The minimum atomic E-state index is -1.03. The molecule has 0 heterocycles. The van der Waals surface area contributed by atoms with Crippen molar-refractivity contribution in [3.8, 4) is 5.75 Å². The summed E-state index contributed by atoms with van der Waals surface area (Å²) < 4.78 is 5.35. The molecule has 33 heavy (non-hydrogen) atoms. The van der Waals surface area contributed by atoms with E-state index in [4.69, 9.17) is 16.3 Å². The number of carboxylic acid groups (broad SMARTS) is 1. The Bertz CT molecular complexity index is 1220. The highest BCUT2D eigenvalue weighted by Gasteiger charge is 2.51. The SMILES string of the molecule is COc1ccc(C2=Cc3ccccc3C23CCC(Nc2cccc(Cl)c2)(C(=O)O)CC3)cc1. The van der Waals surface area contributed by atoms with E-state index in [2.05, 4.69) is 47.8 Å². The van der Waals surface area contributed by atoms with Gasteiger partial charge in [0.1, 0.15) is 11.3 Å². The first-order valence-electron chi connectivity index (χ1n) is 11.2. The maximum absolute atomic E-state index is 12.5. The zero-order chi connectivity index (χ0) is 23.1. The van der Waals surface area contributed by atoms with Crippen LogP contribution in [0.25, 0.3) is 11.6 Å². The number of rotatable bonds is 5. The number of methoxy groups -OCH3 is 1. The van der Waals surface area contributed by atoms with Crippen LogP contribution < -0.4 is 10.1 Å². The number of halogens is 1. The second-order valence-corrected chi connectivity index (χ2v) is 9.41. The second kappa shape index (κ2) is 8.27. The minimum absolute atomic E-state index is 0.208. The second-order valence-electron chi connectivity index (χ2n) is 8.98. The summed E-state index contributed by atoms with van der Waals surface area (Å²) in [6, 6.07) is 23.9. The van der Waals surface area contributed by atoms with Gasteiger partial charge in [-0.2, -0.15) is 0 Å². The van der Waals surface area contributed by atoms with Crippen molar-refractivity contribution in [2.75, 3.05) is 12.4 Å². The maximum Gasteiger partial charge on any atom is 0.329 e. The molecule has 3 aromatic rings. The molecular formula is C28H26ClNO3. The molecule has 4 nitrogen and oxygen atoms in total. The summed E-state index contributed by atoms with van der Waals surface area (Å²) in [5, 5.41) is 14.2. The normalized spacial score (nSPS) is 23.6. The Kier molecular flexibility index (Phi) is 5.41. The van der Waals surface area contributed by atoms with E-state index in [1.165, 1.54) is 16.7 Å². The number of carboxylic acids is 1. The van der Waals surface area contributed by atoms with Crippen molar-refractivity contribution in [1.82, 2.24) is 0 Å². The zero-order valence-electron chi connectivity index (χ0n) is 18.5. The van der Waals surface area contributed by atoms with E-state index in [0.29, 0.717) is 17.9 Å². The first kappa shape index (κ1) is 21.6. The lowest BCUT2D eigenvalue weighted by molar-refractivity contribution is -0.143. The number of nitrogens with one attached hydrogen (secondary N) is 1. The molecule has 3 aromatic carbocycles. The molecule has 1 spiro atoms. The third-order valence-electron chi connectivity index (χ3n) is 7.27. The predicted molar refractivity (Wildman–Crippen MR) is 133 cm³/mol. The van der Waals surface area contributed by atoms with Gasteiger partial charge in [0.15, 0.2) is 0 Å². The Balaban J connectivity index is 1.51. The summed E-state index contributed by atoms with van der Waals surface area (Å²) in [5.74, 6) is 0.00163. The van der Waals surface area contributed by atoms with Gasteiger partial charge >= 0.3 is 5.97 Å². The Morgan fingerprint density at radius 3 is 2.36 bits per heavy atom. The van der Waals surface area contributed by atoms with Crippen molar-refractivity contribution in [2.24, 2.45) is 0 Å². The van der Waals surface area contributed by atoms with Gasteiger partial charge in [0.25, 0.3) is 0 Å². The van der Waals surface area contributed by atoms with Crippen LogP contribution in [0.5, 0.6) is 5.75 Å². The first-order valence-corrected chi connectivity index (χ1v) is 11.6. The van der Waals surface area contributed by atoms with Gasteiger partial charge in [-0.15, -0.1) is 0 Å². The Hall–Kier alpha value is -3.24. The topological polar surface area (TPSA) is 58.6 Å². The summed E-state index contributed by atoms with van der Waals surface area (Å²) >= 11 is 6.15. The predicted octanol–water partition coefficient (Wildman–Crippen LogP) is 6.65. The van der Waals surface area contributed by atoms with Crippen molar-refractivity contribution in [3.05, 3.63) is 94.5 Å². The Labute approximate surface area is 198 Å². The first-order chi connectivity index (χ1) is 16.0. The molecule has 0 amide bonds. The van der Waals surface area contributed by atoms with Gasteiger partial charge in [-0.05, 0) is 84.4 Å². The molecule has 5 rings (SSSR count). The van der Waals surface area contributed by atoms with E-state index in [1.54, 1.807) is 19.2 Å². The summed E-state index contributed by atoms with van der Waals surface area (Å²) in [6.07, 6.45) is 4.77. The van der Waals surface area contributed by atoms with Gasteiger partial charge in [-0.3, -0.25) is 0 Å². The van der Waals surface area contributed by atoms with E-state index in [-0.39, 0.29) is 5.41 Å². The van der Waals surface area contributed by atoms with Gasteiger partial charge in [-0.25, -0.2) is 4.79 Å². The Morgan fingerprint density at radius 1 is 0.970 bits per heavy atom. The molecule has 0 aromatic heterocycles. The molecule has 0 atom stereocenters. The van der Waals surface area contributed by atoms with Crippen molar-refractivity contribution in [3.63, 3.8) is 0 Å². The molecule has 0 saturated heterocycles. The summed E-state index contributed by atoms with van der Waals surface area (Å²) in [7, 11) is 1.67. The zero-order valence-corrected chi connectivity index (χ0v) is 19.2. The highest BCUT2D eigenvalue weighted by Crippen LogP contribution is 2.56. The van der Waals surface area contributed by atoms with Crippen LogP contribution in [0.3, 0.4) is 0 Å². The molecule has 2 N–H and O–H groups in total. The van der Waals surface area contributed by atoms with Crippen LogP contribution in [0.15, 0.2) is 72.8 Å². The third kappa shape index (κ3) is 3.68. The average Bonchev–Trinajstić information content (AvgIpc) is 3.15. The number of benzene rings is 3. The lowest BCUT2D eigenvalue weighted by Crippen LogP contribution is -2.52. The lowest BCUT2D eigenvalue weighted by Gasteiger charge is -2.45. The number of fused-ring (bicyclic) bond motifs is 2. The summed E-state index contributed by atoms with van der Waals surface area (Å²) in [5.41, 5.74) is 4.41. The highest BCUT2D eigenvalue weighted by molar-refractivity contribution is 6.30. The molecule has 5 heteroatoms. The number of anilines is 1. The van der Waals surface area contributed by atoms with Crippen molar-refractivity contribution in [2.45, 2.75) is 36.6 Å². The smallest absolute Gasteiger partial charge is 0.329 e. The number of allylic oxidation sites excluding steroid dienone is 1. The van der Waals surface area contributed by atoms with Crippen LogP contribution >= 0.6 is 11.6 Å². The number of hydrogen-bond acceptors (Lipinski definition) is 3. The van der Waals surface area contributed by atoms with Crippen LogP contribution in [-0.4, -0.2) is 23.7 Å². The molecule has 2 aliphatic rings. The van der Waals surface area contributed by atoms with Crippen molar-refractivity contribution in [1.29, 1.82) is 0 Å². The standard InChI is InChI=1S/C28H26ClNO3/c1-33-23-11-9-19(10-12-23)25-17-20-5-2-3-8-24(20)27(25)13-15-28(16-14-27,26(31)32)30-22-7-4-6-21(29)18-22/h2-12,17-18,30H,13-16H2,1H3,(H,31,32). The van der Waals surface area contributed by atoms with Gasteiger partial charge in [0.05, 0.1) is 7.11 Å². The van der Waals surface area contributed by atoms with Crippen molar-refractivity contribution >= 4 is 34.9 Å². The van der Waals surface area contributed by atoms with Crippen LogP contribution in [0, 0.1) is 0 Å². The van der Waals surface area contributed by atoms with E-state index in [0.717, 1.165) is 29.8 Å². The van der Waals surface area contributed by atoms with Gasteiger partial charge in [-0.1, -0.05) is 54.1 Å². The Morgan fingerprint density at radius 2 is 1.70 bits per heavy atom. The van der Waals surface area contributed by atoms with Gasteiger partial charge in [0, 0.05) is 16.1 Å². The molecule has 0 aliphatic heterocycles. The van der Waals surface area contributed by atoms with Crippen LogP contribution in [0.4, 0.5) is 5.69 Å². The molecule has 168 valence electrons. The molecular weight excluding hydrogens is 434 g/mol. The molecule has 0 unspecified atom stereocenters. The number of aliphatic carboxylic acids is 1.